The standard InChI is InChI=1S/C11H18N2O2/c1-13(2)6-3-7-15-11-8-10(9-14)4-5-12-11/h4-5,8,14H,3,6-7,9H2,1-2H3. The zero-order chi connectivity index (χ0) is 11.1. The monoisotopic (exact) mass is 210 g/mol. The summed E-state index contributed by atoms with van der Waals surface area (Å²) in [5, 5.41) is 8.92. The molecule has 0 spiro atoms. The third kappa shape index (κ3) is 4.76. The van der Waals surface area contributed by atoms with Crippen molar-refractivity contribution in [1.82, 2.24) is 9.88 Å². The average molecular weight is 210 g/mol. The minimum Gasteiger partial charge on any atom is -0.478 e. The van der Waals surface area contributed by atoms with Crippen LogP contribution < -0.4 is 4.74 Å². The fraction of sp³-hybridized carbons (Fsp3) is 0.545. The van der Waals surface area contributed by atoms with Gasteiger partial charge in [0.25, 0.3) is 0 Å². The topological polar surface area (TPSA) is 45.6 Å². The Morgan fingerprint density at radius 1 is 1.47 bits per heavy atom. The molecule has 0 bridgehead atoms. The highest BCUT2D eigenvalue weighted by atomic mass is 16.5. The smallest absolute Gasteiger partial charge is 0.213 e. The summed E-state index contributed by atoms with van der Waals surface area (Å²) in [5.74, 6) is 0.584. The fourth-order valence-electron chi connectivity index (χ4n) is 1.19. The van der Waals surface area contributed by atoms with Gasteiger partial charge in [0.05, 0.1) is 13.2 Å². The van der Waals surface area contributed by atoms with Crippen LogP contribution in [0.5, 0.6) is 5.88 Å². The minimum absolute atomic E-state index is 0.0244. The largest absolute Gasteiger partial charge is 0.478 e. The van der Waals surface area contributed by atoms with Crippen LogP contribution in [0.25, 0.3) is 0 Å². The van der Waals surface area contributed by atoms with E-state index >= 15 is 0 Å². The van der Waals surface area contributed by atoms with Gasteiger partial charge in [0.15, 0.2) is 0 Å². The lowest BCUT2D eigenvalue weighted by molar-refractivity contribution is 0.266. The first-order chi connectivity index (χ1) is 7.22. The molecule has 1 N–H and O–H groups in total. The van der Waals surface area contributed by atoms with E-state index < -0.39 is 0 Å². The fourth-order valence-corrected chi connectivity index (χ4v) is 1.19. The summed E-state index contributed by atoms with van der Waals surface area (Å²) >= 11 is 0. The third-order valence-corrected chi connectivity index (χ3v) is 1.98. The van der Waals surface area contributed by atoms with Crippen LogP contribution in [0.15, 0.2) is 18.3 Å². The zero-order valence-corrected chi connectivity index (χ0v) is 9.31. The van der Waals surface area contributed by atoms with E-state index in [2.05, 4.69) is 9.88 Å². The molecule has 84 valence electrons. The number of hydrogen-bond acceptors (Lipinski definition) is 4. The van der Waals surface area contributed by atoms with Gasteiger partial charge >= 0.3 is 0 Å². The van der Waals surface area contributed by atoms with Gasteiger partial charge in [0, 0.05) is 18.8 Å². The van der Waals surface area contributed by atoms with Gasteiger partial charge in [-0.05, 0) is 32.1 Å². The number of nitrogens with zero attached hydrogens (tertiary/aromatic N) is 2. The summed E-state index contributed by atoms with van der Waals surface area (Å²) in [4.78, 5) is 6.17. The number of aliphatic hydroxyl groups excluding tert-OH is 1. The second-order valence-corrected chi connectivity index (χ2v) is 3.67. The Morgan fingerprint density at radius 3 is 2.93 bits per heavy atom. The Hall–Kier alpha value is -1.13. The lowest BCUT2D eigenvalue weighted by Gasteiger charge is -2.10. The maximum atomic E-state index is 8.92. The molecule has 1 rings (SSSR count). The van der Waals surface area contributed by atoms with Gasteiger partial charge in [-0.1, -0.05) is 0 Å². The molecular formula is C11H18N2O2. The first kappa shape index (κ1) is 11.9. The SMILES string of the molecule is CN(C)CCCOc1cc(CO)ccn1. The van der Waals surface area contributed by atoms with E-state index in [9.17, 15) is 0 Å². The van der Waals surface area contributed by atoms with Crippen LogP contribution in [-0.2, 0) is 6.61 Å². The van der Waals surface area contributed by atoms with Crippen molar-refractivity contribution in [1.29, 1.82) is 0 Å². The van der Waals surface area contributed by atoms with Crippen LogP contribution in [0.2, 0.25) is 0 Å². The molecule has 1 aromatic heterocycles. The highest BCUT2D eigenvalue weighted by molar-refractivity contribution is 5.19. The number of pyridine rings is 1. The molecule has 1 heterocycles. The first-order valence-electron chi connectivity index (χ1n) is 5.05. The predicted octanol–water partition coefficient (Wildman–Crippen LogP) is 0.904. The minimum atomic E-state index is 0.0244. The second-order valence-electron chi connectivity index (χ2n) is 3.67. The molecule has 0 aliphatic heterocycles. The summed E-state index contributed by atoms with van der Waals surface area (Å²) in [6, 6.07) is 3.53. The van der Waals surface area contributed by atoms with Crippen molar-refractivity contribution in [2.45, 2.75) is 13.0 Å². The Kier molecular flexibility index (Phi) is 5.07. The van der Waals surface area contributed by atoms with Crippen LogP contribution in [0.4, 0.5) is 0 Å². The number of aliphatic hydroxyl groups is 1. The average Bonchev–Trinajstić information content (AvgIpc) is 2.24. The van der Waals surface area contributed by atoms with Gasteiger partial charge < -0.3 is 14.7 Å². The van der Waals surface area contributed by atoms with Gasteiger partial charge in [0.1, 0.15) is 0 Å². The van der Waals surface area contributed by atoms with E-state index in [1.54, 1.807) is 18.3 Å². The molecular weight excluding hydrogens is 192 g/mol. The van der Waals surface area contributed by atoms with Crippen LogP contribution in [-0.4, -0.2) is 42.2 Å². The molecule has 0 fully saturated rings. The molecule has 1 aromatic rings. The van der Waals surface area contributed by atoms with E-state index in [0.717, 1.165) is 18.5 Å². The quantitative estimate of drug-likeness (QED) is 0.709. The Balaban J connectivity index is 2.30. The van der Waals surface area contributed by atoms with Crippen LogP contribution in [0, 0.1) is 0 Å². The van der Waals surface area contributed by atoms with E-state index in [1.807, 2.05) is 14.1 Å². The molecule has 15 heavy (non-hydrogen) atoms. The highest BCUT2D eigenvalue weighted by Crippen LogP contribution is 2.09. The summed E-state index contributed by atoms with van der Waals surface area (Å²) in [6.45, 7) is 1.68. The van der Waals surface area contributed by atoms with Gasteiger partial charge in [0.2, 0.25) is 5.88 Å². The van der Waals surface area contributed by atoms with Crippen molar-refractivity contribution in [2.75, 3.05) is 27.2 Å². The van der Waals surface area contributed by atoms with Gasteiger partial charge in [-0.2, -0.15) is 0 Å². The van der Waals surface area contributed by atoms with Crippen LogP contribution in [0.1, 0.15) is 12.0 Å². The van der Waals surface area contributed by atoms with Crippen molar-refractivity contribution >= 4 is 0 Å². The van der Waals surface area contributed by atoms with E-state index in [1.165, 1.54) is 0 Å². The predicted molar refractivity (Wildman–Crippen MR) is 58.8 cm³/mol. The normalized spacial score (nSPS) is 10.7. The summed E-state index contributed by atoms with van der Waals surface area (Å²) in [6.07, 6.45) is 2.62. The lowest BCUT2D eigenvalue weighted by Crippen LogP contribution is -2.15. The summed E-state index contributed by atoms with van der Waals surface area (Å²) < 4.78 is 5.45. The molecule has 0 aliphatic rings. The molecule has 0 unspecified atom stereocenters. The van der Waals surface area contributed by atoms with Crippen LogP contribution in [0.3, 0.4) is 0 Å². The van der Waals surface area contributed by atoms with Crippen LogP contribution >= 0.6 is 0 Å². The molecule has 4 nitrogen and oxygen atoms in total. The molecule has 0 aliphatic carbocycles. The number of aromatic nitrogens is 1. The maximum absolute atomic E-state index is 8.92. The second kappa shape index (κ2) is 6.37. The molecule has 4 heteroatoms. The Morgan fingerprint density at radius 2 is 2.27 bits per heavy atom. The third-order valence-electron chi connectivity index (χ3n) is 1.98. The summed E-state index contributed by atoms with van der Waals surface area (Å²) in [7, 11) is 4.06. The van der Waals surface area contributed by atoms with E-state index in [0.29, 0.717) is 12.5 Å². The number of rotatable bonds is 6. The molecule has 0 atom stereocenters. The molecule has 0 amide bonds. The van der Waals surface area contributed by atoms with Crippen molar-refractivity contribution < 1.29 is 9.84 Å². The number of ether oxygens (including phenoxy) is 1. The first-order valence-corrected chi connectivity index (χ1v) is 5.05. The van der Waals surface area contributed by atoms with E-state index in [-0.39, 0.29) is 6.61 Å². The number of hydrogen-bond donors (Lipinski definition) is 1. The maximum Gasteiger partial charge on any atom is 0.213 e. The van der Waals surface area contributed by atoms with Crippen molar-refractivity contribution in [3.05, 3.63) is 23.9 Å². The highest BCUT2D eigenvalue weighted by Gasteiger charge is 1.97. The molecule has 0 saturated carbocycles. The van der Waals surface area contributed by atoms with Crippen molar-refractivity contribution in [3.63, 3.8) is 0 Å². The van der Waals surface area contributed by atoms with Gasteiger partial charge in [-0.15, -0.1) is 0 Å². The molecule has 0 aromatic carbocycles. The Labute approximate surface area is 90.5 Å². The summed E-state index contributed by atoms with van der Waals surface area (Å²) in [5.41, 5.74) is 0.826. The van der Waals surface area contributed by atoms with E-state index in [4.69, 9.17) is 9.84 Å². The Bertz CT molecular complexity index is 290. The van der Waals surface area contributed by atoms with Gasteiger partial charge in [-0.3, -0.25) is 0 Å². The molecule has 0 radical (unpaired) electrons. The molecule has 0 saturated heterocycles. The lowest BCUT2D eigenvalue weighted by atomic mass is 10.3. The van der Waals surface area contributed by atoms with Crippen molar-refractivity contribution in [2.24, 2.45) is 0 Å². The van der Waals surface area contributed by atoms with Gasteiger partial charge in [-0.25, -0.2) is 4.98 Å². The zero-order valence-electron chi connectivity index (χ0n) is 9.31. The van der Waals surface area contributed by atoms with Crippen molar-refractivity contribution in [3.8, 4) is 5.88 Å².